The normalized spacial score (nSPS) is 11.1. The number of hydrogen-bond donors (Lipinski definition) is 1. The fourth-order valence-electron chi connectivity index (χ4n) is 0.765. The molecule has 0 aromatic carbocycles. The Labute approximate surface area is 83.4 Å². The summed E-state index contributed by atoms with van der Waals surface area (Å²) in [5.41, 5.74) is -0.940. The largest absolute Gasteiger partial charge is 0.433 e. The first-order valence-electron chi connectivity index (χ1n) is 3.56. The fraction of sp³-hybridized carbons (Fsp3) is 0.286. The molecule has 0 spiro atoms. The van der Waals surface area contributed by atoms with E-state index in [0.29, 0.717) is 0 Å². The summed E-state index contributed by atoms with van der Waals surface area (Å²) in [6.45, 7) is 0. The molecule has 7 heteroatoms. The monoisotopic (exact) mass is 221 g/mol. The van der Waals surface area contributed by atoms with E-state index in [2.05, 4.69) is 15.3 Å². The molecule has 0 saturated heterocycles. The van der Waals surface area contributed by atoms with Gasteiger partial charge < -0.3 is 5.32 Å². The molecule has 0 amide bonds. The topological polar surface area (TPSA) is 37.8 Å². The van der Waals surface area contributed by atoms with Gasteiger partial charge in [-0.25, -0.2) is 9.97 Å². The first-order chi connectivity index (χ1) is 6.45. The highest BCUT2D eigenvalue weighted by Gasteiger charge is 2.32. The van der Waals surface area contributed by atoms with Crippen molar-refractivity contribution in [1.82, 2.24) is 15.3 Å². The Morgan fingerprint density at radius 2 is 2.07 bits per heavy atom. The minimum absolute atomic E-state index is 0.0600. The van der Waals surface area contributed by atoms with Crippen LogP contribution in [0.2, 0.25) is 0 Å². The Morgan fingerprint density at radius 1 is 1.43 bits per heavy atom. The summed E-state index contributed by atoms with van der Waals surface area (Å²) in [6.07, 6.45) is -3.64. The lowest BCUT2D eigenvalue weighted by Gasteiger charge is -2.06. The van der Waals surface area contributed by atoms with E-state index in [1.165, 1.54) is 7.05 Å². The maximum absolute atomic E-state index is 12.2. The number of halogens is 3. The molecule has 0 saturated carbocycles. The molecule has 3 nitrogen and oxygen atoms in total. The molecular weight excluding hydrogens is 215 g/mol. The molecule has 14 heavy (non-hydrogen) atoms. The molecule has 1 rings (SSSR count). The van der Waals surface area contributed by atoms with Crippen LogP contribution < -0.4 is 5.32 Å². The van der Waals surface area contributed by atoms with Crippen LogP contribution in [-0.4, -0.2) is 22.0 Å². The number of alkyl halides is 3. The van der Waals surface area contributed by atoms with Crippen molar-refractivity contribution in [2.45, 2.75) is 6.18 Å². The number of aromatic nitrogens is 2. The number of hydrogen-bond acceptors (Lipinski definition) is 3. The van der Waals surface area contributed by atoms with Gasteiger partial charge >= 0.3 is 6.18 Å². The van der Waals surface area contributed by atoms with Crippen molar-refractivity contribution in [3.63, 3.8) is 0 Å². The molecule has 0 radical (unpaired) electrons. The third-order valence-corrected chi connectivity index (χ3v) is 1.83. The lowest BCUT2D eigenvalue weighted by Crippen LogP contribution is -2.19. The van der Waals surface area contributed by atoms with Gasteiger partial charge in [0.1, 0.15) is 22.7 Å². The minimum Gasteiger partial charge on any atom is -0.378 e. The van der Waals surface area contributed by atoms with Crippen molar-refractivity contribution in [3.8, 4) is 0 Å². The molecule has 1 aromatic rings. The average Bonchev–Trinajstić information content (AvgIpc) is 2.15. The Hall–Kier alpha value is -1.24. The third kappa shape index (κ3) is 2.38. The van der Waals surface area contributed by atoms with Gasteiger partial charge in [0, 0.05) is 7.05 Å². The van der Waals surface area contributed by atoms with Crippen LogP contribution in [0.3, 0.4) is 0 Å². The zero-order valence-corrected chi connectivity index (χ0v) is 7.91. The van der Waals surface area contributed by atoms with Crippen LogP contribution in [0.4, 0.5) is 13.2 Å². The van der Waals surface area contributed by atoms with Crippen molar-refractivity contribution in [3.05, 3.63) is 23.8 Å². The Bertz CT molecular complexity index is 350. The van der Waals surface area contributed by atoms with Crippen LogP contribution in [0.15, 0.2) is 12.4 Å². The van der Waals surface area contributed by atoms with Crippen molar-refractivity contribution in [2.75, 3.05) is 7.05 Å². The van der Waals surface area contributed by atoms with Gasteiger partial charge in [-0.3, -0.25) is 0 Å². The predicted octanol–water partition coefficient (Wildman–Crippen LogP) is 1.39. The van der Waals surface area contributed by atoms with Crippen molar-refractivity contribution < 1.29 is 13.2 Å². The van der Waals surface area contributed by atoms with Gasteiger partial charge in [0.25, 0.3) is 0 Å². The summed E-state index contributed by atoms with van der Waals surface area (Å²) in [6, 6.07) is 0.804. The van der Waals surface area contributed by atoms with Gasteiger partial charge in [0.2, 0.25) is 0 Å². The van der Waals surface area contributed by atoms with Crippen molar-refractivity contribution >= 4 is 17.2 Å². The summed E-state index contributed by atoms with van der Waals surface area (Å²) >= 11 is 4.74. The molecular formula is C7H6F3N3S. The number of rotatable bonds is 1. The van der Waals surface area contributed by atoms with Crippen LogP contribution in [-0.2, 0) is 6.18 Å². The molecule has 1 aromatic heterocycles. The van der Waals surface area contributed by atoms with Gasteiger partial charge in [-0.2, -0.15) is 13.2 Å². The minimum atomic E-state index is -4.47. The molecule has 0 bridgehead atoms. The number of nitrogens with one attached hydrogen (secondary N) is 1. The van der Waals surface area contributed by atoms with Crippen molar-refractivity contribution in [1.29, 1.82) is 0 Å². The molecule has 1 heterocycles. The second-order valence-electron chi connectivity index (χ2n) is 2.37. The highest BCUT2D eigenvalue weighted by Crippen LogP contribution is 2.27. The second-order valence-corrected chi connectivity index (χ2v) is 2.77. The SMILES string of the molecule is CNC(=S)c1cc(C(F)(F)F)ncn1. The summed E-state index contributed by atoms with van der Waals surface area (Å²) in [5, 5.41) is 2.53. The lowest BCUT2D eigenvalue weighted by molar-refractivity contribution is -0.141. The summed E-state index contributed by atoms with van der Waals surface area (Å²) in [7, 11) is 1.51. The lowest BCUT2D eigenvalue weighted by atomic mass is 10.3. The predicted molar refractivity (Wildman–Crippen MR) is 47.8 cm³/mol. The smallest absolute Gasteiger partial charge is 0.378 e. The van der Waals surface area contributed by atoms with Crippen LogP contribution in [0, 0.1) is 0 Å². The Morgan fingerprint density at radius 3 is 2.57 bits per heavy atom. The van der Waals surface area contributed by atoms with Gasteiger partial charge in [0.05, 0.1) is 0 Å². The van der Waals surface area contributed by atoms with E-state index in [9.17, 15) is 13.2 Å². The van der Waals surface area contributed by atoms with Crippen LogP contribution in [0.25, 0.3) is 0 Å². The van der Waals surface area contributed by atoms with E-state index in [4.69, 9.17) is 12.2 Å². The van der Waals surface area contributed by atoms with Crippen LogP contribution in [0.5, 0.6) is 0 Å². The molecule has 0 fully saturated rings. The standard InChI is InChI=1S/C7H6F3N3S/c1-11-6(14)4-2-5(7(8,9)10)13-3-12-4/h2-3H,1H3,(H,11,14). The summed E-state index contributed by atoms with van der Waals surface area (Å²) in [4.78, 5) is 6.86. The van der Waals surface area contributed by atoms with Crippen molar-refractivity contribution in [2.24, 2.45) is 0 Å². The van der Waals surface area contributed by atoms with E-state index in [0.717, 1.165) is 12.4 Å². The third-order valence-electron chi connectivity index (χ3n) is 1.42. The molecule has 0 aliphatic heterocycles. The maximum atomic E-state index is 12.2. The molecule has 0 atom stereocenters. The first kappa shape index (κ1) is 10.8. The zero-order valence-electron chi connectivity index (χ0n) is 7.09. The highest BCUT2D eigenvalue weighted by atomic mass is 32.1. The van der Waals surface area contributed by atoms with E-state index in [1.807, 2.05) is 0 Å². The average molecular weight is 221 g/mol. The Balaban J connectivity index is 3.08. The van der Waals surface area contributed by atoms with E-state index < -0.39 is 11.9 Å². The second kappa shape index (κ2) is 3.87. The van der Waals surface area contributed by atoms with Gasteiger partial charge in [-0.05, 0) is 6.07 Å². The summed E-state index contributed by atoms with van der Waals surface area (Å²) < 4.78 is 36.5. The quantitative estimate of drug-likeness (QED) is 0.727. The van der Waals surface area contributed by atoms with E-state index in [1.54, 1.807) is 0 Å². The van der Waals surface area contributed by atoms with Crippen LogP contribution in [0.1, 0.15) is 11.4 Å². The number of thiocarbonyl (C=S) groups is 1. The Kier molecular flexibility index (Phi) is 3.00. The van der Waals surface area contributed by atoms with Crippen LogP contribution >= 0.6 is 12.2 Å². The first-order valence-corrected chi connectivity index (χ1v) is 3.97. The molecule has 1 N–H and O–H groups in total. The molecule has 0 aliphatic rings. The highest BCUT2D eigenvalue weighted by molar-refractivity contribution is 7.80. The van der Waals surface area contributed by atoms with Gasteiger partial charge in [-0.15, -0.1) is 0 Å². The fourth-order valence-corrected chi connectivity index (χ4v) is 0.876. The van der Waals surface area contributed by atoms with Gasteiger partial charge in [-0.1, -0.05) is 12.2 Å². The molecule has 76 valence electrons. The summed E-state index contributed by atoms with van der Waals surface area (Å²) in [5.74, 6) is 0. The molecule has 0 aliphatic carbocycles. The van der Waals surface area contributed by atoms with Gasteiger partial charge in [0.15, 0.2) is 0 Å². The van der Waals surface area contributed by atoms with E-state index in [-0.39, 0.29) is 10.7 Å². The molecule has 0 unspecified atom stereocenters. The zero-order chi connectivity index (χ0) is 10.8. The maximum Gasteiger partial charge on any atom is 0.433 e. The number of nitrogens with zero attached hydrogens (tertiary/aromatic N) is 2. The van der Waals surface area contributed by atoms with E-state index >= 15 is 0 Å².